The van der Waals surface area contributed by atoms with Crippen molar-refractivity contribution in [3.8, 4) is 0 Å². The quantitative estimate of drug-likeness (QED) is 0.619. The molecule has 108 valence electrons. The van der Waals surface area contributed by atoms with Crippen molar-refractivity contribution < 1.29 is 14.6 Å². The number of hydrogen-bond donors (Lipinski definition) is 2. The first-order valence-corrected chi connectivity index (χ1v) is 7.25. The topological polar surface area (TPSA) is 50.7 Å². The highest BCUT2D eigenvalue weighted by Crippen LogP contribution is 2.15. The Hall–Kier alpha value is -0.160. The van der Waals surface area contributed by atoms with Gasteiger partial charge in [0.25, 0.3) is 0 Å². The van der Waals surface area contributed by atoms with E-state index in [1.807, 2.05) is 0 Å². The van der Waals surface area contributed by atoms with Crippen molar-refractivity contribution in [3.05, 3.63) is 0 Å². The summed E-state index contributed by atoms with van der Waals surface area (Å²) in [6.07, 6.45) is 5.62. The van der Waals surface area contributed by atoms with Gasteiger partial charge in [0, 0.05) is 25.4 Å². The van der Waals surface area contributed by atoms with E-state index in [1.165, 1.54) is 0 Å². The van der Waals surface area contributed by atoms with E-state index in [0.717, 1.165) is 58.5 Å². The number of hydrogen-bond acceptors (Lipinski definition) is 4. The number of likely N-dealkylation sites (N-methyl/N-ethyl adjacent to an activating group) is 1. The van der Waals surface area contributed by atoms with Crippen LogP contribution in [0.2, 0.25) is 0 Å². The van der Waals surface area contributed by atoms with Crippen LogP contribution in [0.5, 0.6) is 0 Å². The second kappa shape index (κ2) is 8.86. The average molecular weight is 259 g/mol. The predicted molar refractivity (Wildman–Crippen MR) is 72.8 cm³/mol. The van der Waals surface area contributed by atoms with Crippen LogP contribution in [0, 0.1) is 0 Å². The van der Waals surface area contributed by atoms with E-state index in [9.17, 15) is 5.11 Å². The number of nitrogens with one attached hydrogen (secondary N) is 1. The predicted octanol–water partition coefficient (Wildman–Crippen LogP) is 1.71. The fourth-order valence-corrected chi connectivity index (χ4v) is 2.36. The zero-order valence-electron chi connectivity index (χ0n) is 11.9. The molecule has 4 heteroatoms. The molecule has 1 unspecified atom stereocenters. The maximum absolute atomic E-state index is 9.37. The van der Waals surface area contributed by atoms with E-state index in [1.54, 1.807) is 0 Å². The molecule has 4 nitrogen and oxygen atoms in total. The van der Waals surface area contributed by atoms with Gasteiger partial charge in [0.1, 0.15) is 0 Å². The van der Waals surface area contributed by atoms with Crippen LogP contribution < -0.4 is 5.32 Å². The summed E-state index contributed by atoms with van der Waals surface area (Å²) in [7, 11) is 0. The summed E-state index contributed by atoms with van der Waals surface area (Å²) in [6.45, 7) is 7.76. The van der Waals surface area contributed by atoms with Gasteiger partial charge in [0.2, 0.25) is 0 Å². The SMILES string of the molecule is CCNC(C)(CO)CCCCOC1CCOCC1. The van der Waals surface area contributed by atoms with E-state index in [0.29, 0.717) is 6.10 Å². The molecule has 0 aromatic rings. The maximum atomic E-state index is 9.37. The molecule has 0 amide bonds. The van der Waals surface area contributed by atoms with Crippen LogP contribution in [0.15, 0.2) is 0 Å². The molecule has 1 fully saturated rings. The summed E-state index contributed by atoms with van der Waals surface area (Å²) in [6, 6.07) is 0. The number of aliphatic hydroxyl groups is 1. The lowest BCUT2D eigenvalue weighted by Gasteiger charge is -2.28. The van der Waals surface area contributed by atoms with Crippen molar-refractivity contribution in [1.29, 1.82) is 0 Å². The summed E-state index contributed by atoms with van der Waals surface area (Å²) in [5, 5.41) is 12.7. The highest BCUT2D eigenvalue weighted by atomic mass is 16.5. The molecule has 1 aliphatic rings. The first-order valence-electron chi connectivity index (χ1n) is 7.25. The summed E-state index contributed by atoms with van der Waals surface area (Å²) >= 11 is 0. The Morgan fingerprint density at radius 2 is 2.06 bits per heavy atom. The van der Waals surface area contributed by atoms with E-state index in [2.05, 4.69) is 19.2 Å². The lowest BCUT2D eigenvalue weighted by molar-refractivity contribution is -0.0330. The van der Waals surface area contributed by atoms with E-state index < -0.39 is 0 Å². The van der Waals surface area contributed by atoms with Crippen LogP contribution in [0.1, 0.15) is 46.0 Å². The van der Waals surface area contributed by atoms with Crippen LogP contribution in [0.4, 0.5) is 0 Å². The molecule has 0 radical (unpaired) electrons. The molecular weight excluding hydrogens is 230 g/mol. The summed E-state index contributed by atoms with van der Waals surface area (Å²) in [4.78, 5) is 0. The molecular formula is C14H29NO3. The second-order valence-corrected chi connectivity index (χ2v) is 5.39. The molecule has 0 spiro atoms. The van der Waals surface area contributed by atoms with Gasteiger partial charge in [-0.15, -0.1) is 0 Å². The average Bonchev–Trinajstić information content (AvgIpc) is 2.40. The van der Waals surface area contributed by atoms with Gasteiger partial charge in [-0.25, -0.2) is 0 Å². The lowest BCUT2D eigenvalue weighted by atomic mass is 9.96. The van der Waals surface area contributed by atoms with Gasteiger partial charge in [0.15, 0.2) is 0 Å². The molecule has 0 saturated carbocycles. The molecule has 1 heterocycles. The minimum Gasteiger partial charge on any atom is -0.394 e. The highest BCUT2D eigenvalue weighted by molar-refractivity contribution is 4.81. The van der Waals surface area contributed by atoms with Crippen LogP contribution in [-0.2, 0) is 9.47 Å². The van der Waals surface area contributed by atoms with Gasteiger partial charge in [-0.3, -0.25) is 0 Å². The molecule has 0 aliphatic carbocycles. The monoisotopic (exact) mass is 259 g/mol. The molecule has 0 bridgehead atoms. The van der Waals surface area contributed by atoms with Crippen LogP contribution >= 0.6 is 0 Å². The van der Waals surface area contributed by atoms with Crippen LogP contribution in [0.25, 0.3) is 0 Å². The Bertz CT molecular complexity index is 207. The Labute approximate surface area is 111 Å². The van der Waals surface area contributed by atoms with E-state index in [4.69, 9.17) is 9.47 Å². The van der Waals surface area contributed by atoms with Crippen molar-refractivity contribution in [3.63, 3.8) is 0 Å². The van der Waals surface area contributed by atoms with Gasteiger partial charge in [0.05, 0.1) is 12.7 Å². The van der Waals surface area contributed by atoms with Crippen molar-refractivity contribution in [1.82, 2.24) is 5.32 Å². The third-order valence-corrected chi connectivity index (χ3v) is 3.60. The first-order chi connectivity index (χ1) is 8.70. The number of ether oxygens (including phenoxy) is 2. The van der Waals surface area contributed by atoms with Crippen molar-refractivity contribution >= 4 is 0 Å². The zero-order chi connectivity index (χ0) is 13.3. The van der Waals surface area contributed by atoms with Gasteiger partial charge >= 0.3 is 0 Å². The van der Waals surface area contributed by atoms with E-state index in [-0.39, 0.29) is 12.1 Å². The molecule has 1 aliphatic heterocycles. The molecule has 18 heavy (non-hydrogen) atoms. The largest absolute Gasteiger partial charge is 0.394 e. The number of rotatable bonds is 9. The number of aliphatic hydroxyl groups excluding tert-OH is 1. The molecule has 1 atom stereocenters. The Balaban J connectivity index is 2.03. The Morgan fingerprint density at radius 1 is 1.33 bits per heavy atom. The smallest absolute Gasteiger partial charge is 0.0619 e. The molecule has 1 saturated heterocycles. The van der Waals surface area contributed by atoms with Gasteiger partial charge in [-0.1, -0.05) is 6.92 Å². The minimum absolute atomic E-state index is 0.132. The third kappa shape index (κ3) is 6.14. The van der Waals surface area contributed by atoms with Crippen LogP contribution in [-0.4, -0.2) is 49.7 Å². The van der Waals surface area contributed by atoms with Gasteiger partial charge in [-0.05, 0) is 45.6 Å². The highest BCUT2D eigenvalue weighted by Gasteiger charge is 2.21. The normalized spacial score (nSPS) is 20.8. The number of unbranched alkanes of at least 4 members (excludes halogenated alkanes) is 1. The van der Waals surface area contributed by atoms with Crippen LogP contribution in [0.3, 0.4) is 0 Å². The van der Waals surface area contributed by atoms with Gasteiger partial charge in [-0.2, -0.15) is 0 Å². The summed E-state index contributed by atoms with van der Waals surface area (Å²) in [5.41, 5.74) is -0.132. The van der Waals surface area contributed by atoms with Crippen molar-refractivity contribution in [2.24, 2.45) is 0 Å². The molecule has 0 aromatic carbocycles. The first kappa shape index (κ1) is 15.9. The maximum Gasteiger partial charge on any atom is 0.0619 e. The summed E-state index contributed by atoms with van der Waals surface area (Å²) < 4.78 is 11.1. The fourth-order valence-electron chi connectivity index (χ4n) is 2.36. The molecule has 0 aromatic heterocycles. The molecule has 2 N–H and O–H groups in total. The molecule has 1 rings (SSSR count). The summed E-state index contributed by atoms with van der Waals surface area (Å²) in [5.74, 6) is 0. The van der Waals surface area contributed by atoms with Crippen molar-refractivity contribution in [2.75, 3.05) is 33.0 Å². The Kier molecular flexibility index (Phi) is 7.82. The van der Waals surface area contributed by atoms with Crippen molar-refractivity contribution in [2.45, 2.75) is 57.6 Å². The zero-order valence-corrected chi connectivity index (χ0v) is 11.9. The fraction of sp³-hybridized carbons (Fsp3) is 1.00. The van der Waals surface area contributed by atoms with Gasteiger partial charge < -0.3 is 19.9 Å². The minimum atomic E-state index is -0.132. The van der Waals surface area contributed by atoms with E-state index >= 15 is 0 Å². The Morgan fingerprint density at radius 3 is 2.67 bits per heavy atom. The third-order valence-electron chi connectivity index (χ3n) is 3.60. The standard InChI is InChI=1S/C14H29NO3/c1-3-15-14(2,12-16)8-4-5-9-18-13-6-10-17-11-7-13/h13,15-16H,3-12H2,1-2H3. The second-order valence-electron chi connectivity index (χ2n) is 5.39. The lowest BCUT2D eigenvalue weighted by Crippen LogP contribution is -2.45.